The Bertz CT molecular complexity index is 584. The van der Waals surface area contributed by atoms with Crippen LogP contribution in [0, 0.1) is 12.7 Å². The molecule has 1 aromatic heterocycles. The second kappa shape index (κ2) is 5.84. The molecule has 0 radical (unpaired) electrons. The molecule has 0 spiro atoms. The van der Waals surface area contributed by atoms with E-state index in [1.165, 1.54) is 18.3 Å². The third kappa shape index (κ3) is 3.22. The molecule has 2 aromatic rings. The summed E-state index contributed by atoms with van der Waals surface area (Å²) in [6.07, 6.45) is 1.47. The van der Waals surface area contributed by atoms with Crippen molar-refractivity contribution in [3.8, 4) is 0 Å². The van der Waals surface area contributed by atoms with Crippen molar-refractivity contribution in [2.45, 2.75) is 13.0 Å². The van der Waals surface area contributed by atoms with Crippen LogP contribution in [0.15, 0.2) is 30.5 Å². The quantitative estimate of drug-likeness (QED) is 0.675. The molecule has 3 N–H and O–H groups in total. The van der Waals surface area contributed by atoms with Gasteiger partial charge in [-0.3, -0.25) is 10.8 Å². The lowest BCUT2D eigenvalue weighted by molar-refractivity contribution is 0.596. The monoisotopic (exact) mass is 299 g/mol. The molecule has 0 amide bonds. The maximum atomic E-state index is 13.5. The highest BCUT2D eigenvalue weighted by Gasteiger charge is 2.18. The van der Waals surface area contributed by atoms with Crippen LogP contribution in [0.5, 0.6) is 0 Å². The van der Waals surface area contributed by atoms with Crippen molar-refractivity contribution < 1.29 is 4.39 Å². The Labute approximate surface area is 120 Å². The zero-order chi connectivity index (χ0) is 14.0. The molecule has 1 aromatic carbocycles. The summed E-state index contributed by atoms with van der Waals surface area (Å²) in [7, 11) is 0. The van der Waals surface area contributed by atoms with Gasteiger partial charge in [0.05, 0.1) is 21.8 Å². The van der Waals surface area contributed by atoms with Gasteiger partial charge >= 0.3 is 0 Å². The number of hydrogen-bond donors (Lipinski definition) is 2. The molecule has 6 heteroatoms. The molecule has 0 aliphatic heterocycles. The summed E-state index contributed by atoms with van der Waals surface area (Å²) >= 11 is 11.9. The van der Waals surface area contributed by atoms with Crippen molar-refractivity contribution in [1.29, 1.82) is 0 Å². The first-order valence-electron chi connectivity index (χ1n) is 5.55. The molecule has 0 aliphatic rings. The molecule has 1 atom stereocenters. The van der Waals surface area contributed by atoms with Gasteiger partial charge < -0.3 is 0 Å². The summed E-state index contributed by atoms with van der Waals surface area (Å²) in [5.74, 6) is 5.21. The third-order valence-electron chi connectivity index (χ3n) is 2.67. The van der Waals surface area contributed by atoms with Gasteiger partial charge in [-0.05, 0) is 36.2 Å². The molecule has 0 aliphatic carbocycles. The van der Waals surface area contributed by atoms with E-state index in [1.807, 2.05) is 6.07 Å². The van der Waals surface area contributed by atoms with E-state index < -0.39 is 6.04 Å². The maximum Gasteiger partial charge on any atom is 0.123 e. The second-order valence-electron chi connectivity index (χ2n) is 4.18. The lowest BCUT2D eigenvalue weighted by atomic mass is 10.0. The Kier molecular flexibility index (Phi) is 4.37. The van der Waals surface area contributed by atoms with Crippen molar-refractivity contribution in [3.05, 3.63) is 63.1 Å². The highest BCUT2D eigenvalue weighted by Crippen LogP contribution is 2.28. The molecule has 19 heavy (non-hydrogen) atoms. The highest BCUT2D eigenvalue weighted by molar-refractivity contribution is 6.34. The Hall–Kier alpha value is -1.20. The molecule has 100 valence electrons. The van der Waals surface area contributed by atoms with Crippen LogP contribution in [0.4, 0.5) is 4.39 Å². The molecule has 1 heterocycles. The van der Waals surface area contributed by atoms with Crippen molar-refractivity contribution in [3.63, 3.8) is 0 Å². The van der Waals surface area contributed by atoms with Crippen molar-refractivity contribution in [2.24, 2.45) is 5.84 Å². The minimum Gasteiger partial charge on any atom is -0.271 e. The average Bonchev–Trinajstić information content (AvgIpc) is 2.31. The van der Waals surface area contributed by atoms with E-state index in [1.54, 1.807) is 13.0 Å². The predicted octanol–water partition coefficient (Wildman–Crippen LogP) is 3.39. The molecular weight excluding hydrogens is 288 g/mol. The first kappa shape index (κ1) is 14.2. The fourth-order valence-electron chi connectivity index (χ4n) is 1.90. The van der Waals surface area contributed by atoms with E-state index in [-0.39, 0.29) is 5.82 Å². The summed E-state index contributed by atoms with van der Waals surface area (Å²) in [5.41, 5.74) is 4.53. The van der Waals surface area contributed by atoms with Crippen LogP contribution in [0.25, 0.3) is 0 Å². The number of aryl methyl sites for hydroxylation is 1. The zero-order valence-corrected chi connectivity index (χ0v) is 11.6. The summed E-state index contributed by atoms with van der Waals surface area (Å²) in [6, 6.07) is 5.72. The predicted molar refractivity (Wildman–Crippen MR) is 74.6 cm³/mol. The molecule has 0 saturated carbocycles. The molecule has 0 saturated heterocycles. The van der Waals surface area contributed by atoms with Crippen LogP contribution in [0.1, 0.15) is 22.9 Å². The summed E-state index contributed by atoms with van der Waals surface area (Å²) in [6.45, 7) is 1.80. The smallest absolute Gasteiger partial charge is 0.123 e. The first-order valence-corrected chi connectivity index (χ1v) is 6.31. The van der Waals surface area contributed by atoms with E-state index in [4.69, 9.17) is 29.0 Å². The first-order chi connectivity index (χ1) is 9.01. The van der Waals surface area contributed by atoms with E-state index in [9.17, 15) is 4.39 Å². The molecule has 2 rings (SSSR count). The zero-order valence-electron chi connectivity index (χ0n) is 10.1. The minimum atomic E-state index is -0.501. The van der Waals surface area contributed by atoms with Crippen molar-refractivity contribution in [1.82, 2.24) is 10.4 Å². The standard InChI is InChI=1S/C13H12Cl2FN3/c1-7-2-8(4-10(16)3-7)12(19-17)13-11(15)5-9(14)6-18-13/h2-6,12,19H,17H2,1H3. The van der Waals surface area contributed by atoms with Gasteiger partial charge in [-0.15, -0.1) is 0 Å². The Morgan fingerprint density at radius 1 is 1.26 bits per heavy atom. The minimum absolute atomic E-state index is 0.333. The topological polar surface area (TPSA) is 50.9 Å². The highest BCUT2D eigenvalue weighted by atomic mass is 35.5. The van der Waals surface area contributed by atoms with Gasteiger partial charge in [0.2, 0.25) is 0 Å². The lowest BCUT2D eigenvalue weighted by Gasteiger charge is -2.18. The number of hydrazine groups is 1. The molecule has 0 bridgehead atoms. The van der Waals surface area contributed by atoms with Gasteiger partial charge in [0.15, 0.2) is 0 Å². The Morgan fingerprint density at radius 3 is 2.58 bits per heavy atom. The van der Waals surface area contributed by atoms with Crippen LogP contribution in [0.3, 0.4) is 0 Å². The van der Waals surface area contributed by atoms with Crippen molar-refractivity contribution >= 4 is 23.2 Å². The number of pyridine rings is 1. The van der Waals surface area contributed by atoms with E-state index in [0.29, 0.717) is 21.3 Å². The van der Waals surface area contributed by atoms with Gasteiger partial charge in [-0.25, -0.2) is 9.82 Å². The van der Waals surface area contributed by atoms with Crippen LogP contribution in [0.2, 0.25) is 10.0 Å². The van der Waals surface area contributed by atoms with Crippen LogP contribution >= 0.6 is 23.2 Å². The van der Waals surface area contributed by atoms with Gasteiger partial charge in [-0.2, -0.15) is 0 Å². The fraction of sp³-hybridized carbons (Fsp3) is 0.154. The van der Waals surface area contributed by atoms with Gasteiger partial charge in [-0.1, -0.05) is 29.3 Å². The summed E-state index contributed by atoms with van der Waals surface area (Å²) in [5, 5.41) is 0.803. The largest absolute Gasteiger partial charge is 0.271 e. The number of aromatic nitrogens is 1. The normalized spacial score (nSPS) is 12.5. The maximum absolute atomic E-state index is 13.5. The molecule has 3 nitrogen and oxygen atoms in total. The average molecular weight is 300 g/mol. The molecule has 1 unspecified atom stereocenters. The van der Waals surface area contributed by atoms with Crippen LogP contribution in [-0.4, -0.2) is 4.98 Å². The Balaban J connectivity index is 2.49. The van der Waals surface area contributed by atoms with Crippen LogP contribution < -0.4 is 11.3 Å². The molecule has 0 fully saturated rings. The number of nitrogens with one attached hydrogen (secondary N) is 1. The number of hydrogen-bond acceptors (Lipinski definition) is 3. The second-order valence-corrected chi connectivity index (χ2v) is 5.03. The number of halogens is 3. The third-order valence-corrected chi connectivity index (χ3v) is 3.18. The van der Waals surface area contributed by atoms with Gasteiger partial charge in [0.25, 0.3) is 0 Å². The summed E-state index contributed by atoms with van der Waals surface area (Å²) in [4.78, 5) is 4.16. The SMILES string of the molecule is Cc1cc(F)cc(C(NN)c2ncc(Cl)cc2Cl)c1. The lowest BCUT2D eigenvalue weighted by Crippen LogP contribution is -2.30. The van der Waals surface area contributed by atoms with Crippen molar-refractivity contribution in [2.75, 3.05) is 0 Å². The van der Waals surface area contributed by atoms with E-state index in [0.717, 1.165) is 5.56 Å². The molecular formula is C13H12Cl2FN3. The number of nitrogens with two attached hydrogens (primary N) is 1. The van der Waals surface area contributed by atoms with Gasteiger partial charge in [0.1, 0.15) is 5.82 Å². The fourth-order valence-corrected chi connectivity index (χ4v) is 2.39. The van der Waals surface area contributed by atoms with Crippen LogP contribution in [-0.2, 0) is 0 Å². The number of rotatable bonds is 3. The van der Waals surface area contributed by atoms with Gasteiger partial charge in [0, 0.05) is 6.20 Å². The number of nitrogens with zero attached hydrogens (tertiary/aromatic N) is 1. The van der Waals surface area contributed by atoms with E-state index >= 15 is 0 Å². The van der Waals surface area contributed by atoms with E-state index in [2.05, 4.69) is 10.4 Å². The summed E-state index contributed by atoms with van der Waals surface area (Å²) < 4.78 is 13.5. The number of benzene rings is 1. The Morgan fingerprint density at radius 2 is 2.00 bits per heavy atom.